The van der Waals surface area contributed by atoms with E-state index in [0.717, 1.165) is 51.0 Å². The highest BCUT2D eigenvalue weighted by Gasteiger charge is 2.57. The SMILES string of the molecule is C=C1N(CCCNC2CCC2)C(=O)[C@]2(C)Cc3c([nH]c4ccc(Br)cc34)[C@@H](c3cccc(O)c3)N12. The maximum Gasteiger partial charge on any atom is 0.254 e. The Morgan fingerprint density at radius 2 is 2.09 bits per heavy atom. The van der Waals surface area contributed by atoms with Crippen LogP contribution in [0.1, 0.15) is 55.5 Å². The van der Waals surface area contributed by atoms with Crippen molar-refractivity contribution in [1.82, 2.24) is 20.1 Å². The number of hydrogen-bond donors (Lipinski definition) is 3. The van der Waals surface area contributed by atoms with Crippen molar-refractivity contribution < 1.29 is 9.90 Å². The number of fused-ring (bicyclic) bond motifs is 4. The summed E-state index contributed by atoms with van der Waals surface area (Å²) in [5.74, 6) is 1.05. The molecular formula is C28H31BrN4O2. The second-order valence-corrected chi connectivity index (χ2v) is 11.2. The molecule has 1 saturated carbocycles. The van der Waals surface area contributed by atoms with Gasteiger partial charge in [-0.05, 0) is 74.2 Å². The minimum atomic E-state index is -0.751. The molecule has 0 unspecified atom stereocenters. The van der Waals surface area contributed by atoms with E-state index in [1.807, 2.05) is 30.0 Å². The van der Waals surface area contributed by atoms with Gasteiger partial charge < -0.3 is 20.3 Å². The van der Waals surface area contributed by atoms with Crippen LogP contribution in [0.4, 0.5) is 0 Å². The van der Waals surface area contributed by atoms with Gasteiger partial charge in [0.1, 0.15) is 17.1 Å². The van der Waals surface area contributed by atoms with Gasteiger partial charge in [-0.15, -0.1) is 0 Å². The summed E-state index contributed by atoms with van der Waals surface area (Å²) in [7, 11) is 0. The summed E-state index contributed by atoms with van der Waals surface area (Å²) >= 11 is 3.62. The fourth-order valence-corrected chi connectivity index (χ4v) is 6.42. The van der Waals surface area contributed by atoms with Crippen molar-refractivity contribution in [2.45, 2.75) is 56.7 Å². The molecule has 1 saturated heterocycles. The molecule has 1 aromatic heterocycles. The zero-order valence-electron chi connectivity index (χ0n) is 20.0. The molecule has 3 aromatic rings. The monoisotopic (exact) mass is 534 g/mol. The topological polar surface area (TPSA) is 71.6 Å². The number of rotatable bonds is 6. The van der Waals surface area contributed by atoms with E-state index in [2.05, 4.69) is 49.8 Å². The average Bonchev–Trinajstić information content (AvgIpc) is 3.23. The van der Waals surface area contributed by atoms with Crippen LogP contribution in [0, 0.1) is 0 Å². The van der Waals surface area contributed by atoms with Gasteiger partial charge in [-0.1, -0.05) is 41.1 Å². The van der Waals surface area contributed by atoms with Gasteiger partial charge in [-0.3, -0.25) is 9.69 Å². The third-order valence-corrected chi connectivity index (χ3v) is 8.56. The van der Waals surface area contributed by atoms with E-state index < -0.39 is 5.54 Å². The number of carbonyl (C=O) groups is 1. The molecule has 0 radical (unpaired) electrons. The van der Waals surface area contributed by atoms with Crippen LogP contribution in [0.25, 0.3) is 10.9 Å². The van der Waals surface area contributed by atoms with E-state index in [4.69, 9.17) is 0 Å². The zero-order valence-corrected chi connectivity index (χ0v) is 21.6. The quantitative estimate of drug-likeness (QED) is 0.380. The molecule has 1 aliphatic carbocycles. The summed E-state index contributed by atoms with van der Waals surface area (Å²) in [5, 5.41) is 15.0. The van der Waals surface area contributed by atoms with Gasteiger partial charge in [-0.2, -0.15) is 0 Å². The Bertz CT molecular complexity index is 1330. The molecule has 7 heteroatoms. The highest BCUT2D eigenvalue weighted by molar-refractivity contribution is 9.10. The Kier molecular flexibility index (Phi) is 5.45. The van der Waals surface area contributed by atoms with Crippen LogP contribution in [-0.4, -0.2) is 50.5 Å². The Hall–Kier alpha value is -2.77. The number of phenolic OH excluding ortho intramolecular Hbond substituents is 1. The lowest BCUT2D eigenvalue weighted by Gasteiger charge is -2.44. The molecule has 3 N–H and O–H groups in total. The maximum atomic E-state index is 14.0. The van der Waals surface area contributed by atoms with Crippen molar-refractivity contribution in [3.63, 3.8) is 0 Å². The van der Waals surface area contributed by atoms with Crippen LogP contribution < -0.4 is 5.32 Å². The molecule has 6 rings (SSSR count). The minimum absolute atomic E-state index is 0.103. The van der Waals surface area contributed by atoms with Crippen LogP contribution in [0.15, 0.2) is 59.3 Å². The third-order valence-electron chi connectivity index (χ3n) is 8.06. The molecule has 2 fully saturated rings. The predicted molar refractivity (Wildman–Crippen MR) is 141 cm³/mol. The summed E-state index contributed by atoms with van der Waals surface area (Å²) in [4.78, 5) is 21.7. The molecule has 3 heterocycles. The van der Waals surface area contributed by atoms with E-state index in [1.165, 1.54) is 19.3 Å². The number of halogens is 1. The average molecular weight is 535 g/mol. The van der Waals surface area contributed by atoms with Gasteiger partial charge in [0.15, 0.2) is 0 Å². The predicted octanol–water partition coefficient (Wildman–Crippen LogP) is 5.19. The maximum absolute atomic E-state index is 14.0. The second-order valence-electron chi connectivity index (χ2n) is 10.3. The molecule has 2 aliphatic heterocycles. The summed E-state index contributed by atoms with van der Waals surface area (Å²) in [5.41, 5.74) is 3.45. The molecule has 3 aliphatic rings. The van der Waals surface area contributed by atoms with Crippen LogP contribution in [0.2, 0.25) is 0 Å². The second kappa shape index (κ2) is 8.42. The fraction of sp³-hybridized carbons (Fsp3) is 0.393. The van der Waals surface area contributed by atoms with E-state index in [0.29, 0.717) is 19.0 Å². The Balaban J connectivity index is 1.40. The molecule has 35 heavy (non-hydrogen) atoms. The molecule has 0 bridgehead atoms. The number of hydrogen-bond acceptors (Lipinski definition) is 4. The number of aromatic nitrogens is 1. The van der Waals surface area contributed by atoms with E-state index in [1.54, 1.807) is 12.1 Å². The molecule has 0 spiro atoms. The Labute approximate surface area is 214 Å². The molecule has 6 nitrogen and oxygen atoms in total. The van der Waals surface area contributed by atoms with Crippen LogP contribution in [-0.2, 0) is 11.2 Å². The lowest BCUT2D eigenvalue weighted by Crippen LogP contribution is -2.52. The van der Waals surface area contributed by atoms with Gasteiger partial charge >= 0.3 is 0 Å². The summed E-state index contributed by atoms with van der Waals surface area (Å²) in [6.07, 6.45) is 5.32. The van der Waals surface area contributed by atoms with Crippen molar-refractivity contribution in [2.24, 2.45) is 0 Å². The van der Waals surface area contributed by atoms with E-state index in [-0.39, 0.29) is 17.7 Å². The number of aromatic amines is 1. The number of nitrogens with one attached hydrogen (secondary N) is 2. The molecular weight excluding hydrogens is 504 g/mol. The van der Waals surface area contributed by atoms with Crippen LogP contribution in [0.5, 0.6) is 5.75 Å². The highest BCUT2D eigenvalue weighted by atomic mass is 79.9. The first kappa shape index (κ1) is 22.7. The Morgan fingerprint density at radius 1 is 1.26 bits per heavy atom. The number of amides is 1. The zero-order chi connectivity index (χ0) is 24.3. The van der Waals surface area contributed by atoms with Crippen molar-refractivity contribution in [3.05, 3.63) is 76.2 Å². The number of aromatic hydroxyl groups is 1. The van der Waals surface area contributed by atoms with Crippen LogP contribution in [0.3, 0.4) is 0 Å². The van der Waals surface area contributed by atoms with Crippen molar-refractivity contribution in [2.75, 3.05) is 13.1 Å². The number of benzene rings is 2. The van der Waals surface area contributed by atoms with Gasteiger partial charge in [0.2, 0.25) is 0 Å². The van der Waals surface area contributed by atoms with Crippen molar-refractivity contribution in [1.29, 1.82) is 0 Å². The molecule has 1 amide bonds. The number of nitrogens with zero attached hydrogens (tertiary/aromatic N) is 2. The van der Waals surface area contributed by atoms with Crippen LogP contribution >= 0.6 is 15.9 Å². The Morgan fingerprint density at radius 3 is 2.83 bits per heavy atom. The first-order valence-corrected chi connectivity index (χ1v) is 13.3. The fourth-order valence-electron chi connectivity index (χ4n) is 6.06. The van der Waals surface area contributed by atoms with Gasteiger partial charge in [0.25, 0.3) is 5.91 Å². The smallest absolute Gasteiger partial charge is 0.254 e. The van der Waals surface area contributed by atoms with Gasteiger partial charge in [0.05, 0.1) is 6.04 Å². The normalized spacial score (nSPS) is 24.1. The molecule has 182 valence electrons. The highest BCUT2D eigenvalue weighted by Crippen LogP contribution is 2.51. The minimum Gasteiger partial charge on any atom is -0.508 e. The molecule has 2 aromatic carbocycles. The lowest BCUT2D eigenvalue weighted by atomic mass is 9.81. The summed E-state index contributed by atoms with van der Waals surface area (Å²) < 4.78 is 1.01. The van der Waals surface area contributed by atoms with E-state index >= 15 is 0 Å². The van der Waals surface area contributed by atoms with Crippen molar-refractivity contribution in [3.8, 4) is 5.75 Å². The lowest BCUT2D eigenvalue weighted by molar-refractivity contribution is -0.133. The number of phenols is 1. The largest absolute Gasteiger partial charge is 0.508 e. The first-order chi connectivity index (χ1) is 16.9. The first-order valence-electron chi connectivity index (χ1n) is 12.5. The van der Waals surface area contributed by atoms with Gasteiger partial charge in [0, 0.05) is 40.1 Å². The summed E-state index contributed by atoms with van der Waals surface area (Å²) in [6, 6.07) is 14.0. The van der Waals surface area contributed by atoms with E-state index in [9.17, 15) is 9.90 Å². The van der Waals surface area contributed by atoms with Gasteiger partial charge in [-0.25, -0.2) is 0 Å². The standard InChI is InChI=1S/C28H31BrN4O2/c1-17-32(13-5-12-30-20-7-4-8-20)27(35)28(2)16-23-22-15-19(29)10-11-24(22)31-25(23)26(33(17)28)18-6-3-9-21(34)14-18/h3,6,9-11,14-15,20,26,30-31,34H,1,4-5,7-8,12-13,16H2,2H3/t26-,28+/m1/s1. The third kappa shape index (κ3) is 3.59. The number of H-pyrrole nitrogens is 1. The molecule has 2 atom stereocenters. The summed E-state index contributed by atoms with van der Waals surface area (Å²) in [6.45, 7) is 8.03. The van der Waals surface area contributed by atoms with Crippen molar-refractivity contribution >= 4 is 32.7 Å². The number of carbonyl (C=O) groups excluding carboxylic acids is 1.